The molecule has 0 aromatic carbocycles. The molecule has 0 radical (unpaired) electrons. The van der Waals surface area contributed by atoms with Crippen molar-refractivity contribution in [3.8, 4) is 0 Å². The van der Waals surface area contributed by atoms with Crippen LogP contribution in [0.3, 0.4) is 0 Å². The van der Waals surface area contributed by atoms with Crippen LogP contribution in [0, 0.1) is 5.92 Å². The Labute approximate surface area is 95.2 Å². The molecule has 1 saturated carbocycles. The summed E-state index contributed by atoms with van der Waals surface area (Å²) in [6, 6.07) is 1.17. The molecule has 2 heteroatoms. The van der Waals surface area contributed by atoms with Crippen molar-refractivity contribution in [3.63, 3.8) is 0 Å². The van der Waals surface area contributed by atoms with Crippen molar-refractivity contribution >= 4 is 0 Å². The number of hydrogen-bond acceptors (Lipinski definition) is 2. The first kappa shape index (κ1) is 13.0. The third-order valence-electron chi connectivity index (χ3n) is 4.06. The fourth-order valence-corrected chi connectivity index (χ4v) is 2.64. The minimum atomic E-state index is 0.455. The zero-order valence-electron chi connectivity index (χ0n) is 10.7. The molecule has 0 bridgehead atoms. The van der Waals surface area contributed by atoms with Crippen molar-refractivity contribution in [3.05, 3.63) is 0 Å². The molecule has 2 nitrogen and oxygen atoms in total. The van der Waals surface area contributed by atoms with Crippen LogP contribution in [0.1, 0.15) is 52.9 Å². The summed E-state index contributed by atoms with van der Waals surface area (Å²) in [7, 11) is 0. The van der Waals surface area contributed by atoms with Crippen molar-refractivity contribution in [1.82, 2.24) is 4.90 Å². The molecule has 2 N–H and O–H groups in total. The predicted octanol–water partition coefficient (Wildman–Crippen LogP) is 2.62. The molecule has 3 atom stereocenters. The summed E-state index contributed by atoms with van der Waals surface area (Å²) in [5, 5.41) is 0. The minimum absolute atomic E-state index is 0.455. The van der Waals surface area contributed by atoms with Crippen molar-refractivity contribution in [2.24, 2.45) is 11.7 Å². The van der Waals surface area contributed by atoms with Crippen LogP contribution in [0.25, 0.3) is 0 Å². The summed E-state index contributed by atoms with van der Waals surface area (Å²) < 4.78 is 0. The molecule has 0 aliphatic heterocycles. The number of rotatable bonds is 5. The van der Waals surface area contributed by atoms with Crippen LogP contribution < -0.4 is 5.73 Å². The normalized spacial score (nSPS) is 29.4. The van der Waals surface area contributed by atoms with Crippen LogP contribution in [0.2, 0.25) is 0 Å². The van der Waals surface area contributed by atoms with Gasteiger partial charge in [-0.2, -0.15) is 0 Å². The Kier molecular flexibility index (Phi) is 5.62. The van der Waals surface area contributed by atoms with Gasteiger partial charge in [-0.1, -0.05) is 26.7 Å². The highest BCUT2D eigenvalue weighted by Gasteiger charge is 2.24. The molecule has 1 aliphatic rings. The van der Waals surface area contributed by atoms with E-state index in [1.807, 2.05) is 0 Å². The van der Waals surface area contributed by atoms with Gasteiger partial charge in [0, 0.05) is 18.6 Å². The van der Waals surface area contributed by atoms with Crippen LogP contribution in [-0.2, 0) is 0 Å². The molecule has 0 saturated heterocycles. The second kappa shape index (κ2) is 6.49. The van der Waals surface area contributed by atoms with Gasteiger partial charge in [0.25, 0.3) is 0 Å². The lowest BCUT2D eigenvalue weighted by Crippen LogP contribution is -2.44. The number of nitrogens with zero attached hydrogens (tertiary/aromatic N) is 1. The molecule has 1 rings (SSSR count). The highest BCUT2D eigenvalue weighted by molar-refractivity contribution is 4.81. The standard InChI is InChI=1S/C13H28N2/c1-4-11(3)15(5-2)10-12-8-6-7-9-13(12)14/h11-13H,4-10,14H2,1-3H3. The zero-order valence-corrected chi connectivity index (χ0v) is 10.7. The van der Waals surface area contributed by atoms with Gasteiger partial charge in [-0.3, -0.25) is 0 Å². The lowest BCUT2D eigenvalue weighted by Gasteiger charge is -2.35. The average Bonchev–Trinajstić information content (AvgIpc) is 2.27. The lowest BCUT2D eigenvalue weighted by atomic mass is 9.84. The Hall–Kier alpha value is -0.0800. The zero-order chi connectivity index (χ0) is 11.3. The smallest absolute Gasteiger partial charge is 0.00793 e. The van der Waals surface area contributed by atoms with E-state index < -0.39 is 0 Å². The molecule has 3 unspecified atom stereocenters. The largest absolute Gasteiger partial charge is 0.327 e. The van der Waals surface area contributed by atoms with Gasteiger partial charge in [-0.15, -0.1) is 0 Å². The third kappa shape index (κ3) is 3.76. The van der Waals surface area contributed by atoms with Gasteiger partial charge in [0.1, 0.15) is 0 Å². The summed E-state index contributed by atoms with van der Waals surface area (Å²) in [6.45, 7) is 9.25. The van der Waals surface area contributed by atoms with Crippen LogP contribution in [-0.4, -0.2) is 30.1 Å². The van der Waals surface area contributed by atoms with E-state index in [9.17, 15) is 0 Å². The Balaban J connectivity index is 2.42. The Morgan fingerprint density at radius 2 is 1.93 bits per heavy atom. The van der Waals surface area contributed by atoms with Gasteiger partial charge in [-0.25, -0.2) is 0 Å². The van der Waals surface area contributed by atoms with Gasteiger partial charge in [-0.05, 0) is 38.6 Å². The van der Waals surface area contributed by atoms with Gasteiger partial charge >= 0.3 is 0 Å². The molecule has 1 fully saturated rings. The van der Waals surface area contributed by atoms with E-state index in [0.717, 1.165) is 12.5 Å². The van der Waals surface area contributed by atoms with Gasteiger partial charge < -0.3 is 10.6 Å². The first-order valence-corrected chi connectivity index (χ1v) is 6.68. The first-order chi connectivity index (χ1) is 7.19. The van der Waals surface area contributed by atoms with Crippen molar-refractivity contribution in [1.29, 1.82) is 0 Å². The summed E-state index contributed by atoms with van der Waals surface area (Å²) in [5.74, 6) is 0.743. The monoisotopic (exact) mass is 212 g/mol. The highest BCUT2D eigenvalue weighted by Crippen LogP contribution is 2.24. The number of hydrogen-bond donors (Lipinski definition) is 1. The lowest BCUT2D eigenvalue weighted by molar-refractivity contribution is 0.150. The molecular weight excluding hydrogens is 184 g/mol. The van der Waals surface area contributed by atoms with Crippen LogP contribution in [0.5, 0.6) is 0 Å². The summed E-state index contributed by atoms with van der Waals surface area (Å²) >= 11 is 0. The fourth-order valence-electron chi connectivity index (χ4n) is 2.64. The second-order valence-electron chi connectivity index (χ2n) is 5.05. The Morgan fingerprint density at radius 3 is 2.47 bits per heavy atom. The van der Waals surface area contributed by atoms with Gasteiger partial charge in [0.2, 0.25) is 0 Å². The summed E-state index contributed by atoms with van der Waals surface area (Å²) in [6.07, 6.45) is 6.55. The maximum absolute atomic E-state index is 6.20. The molecule has 1 aliphatic carbocycles. The molecule has 0 heterocycles. The maximum atomic E-state index is 6.20. The van der Waals surface area contributed by atoms with E-state index in [-0.39, 0.29) is 0 Å². The maximum Gasteiger partial charge on any atom is 0.00793 e. The molecule has 15 heavy (non-hydrogen) atoms. The van der Waals surface area contributed by atoms with Gasteiger partial charge in [0.05, 0.1) is 0 Å². The molecular formula is C13H28N2. The fraction of sp³-hybridized carbons (Fsp3) is 1.00. The van der Waals surface area contributed by atoms with Crippen molar-refractivity contribution in [2.75, 3.05) is 13.1 Å². The topological polar surface area (TPSA) is 29.3 Å². The average molecular weight is 212 g/mol. The minimum Gasteiger partial charge on any atom is -0.327 e. The first-order valence-electron chi connectivity index (χ1n) is 6.68. The highest BCUT2D eigenvalue weighted by atomic mass is 15.1. The van der Waals surface area contributed by atoms with Gasteiger partial charge in [0.15, 0.2) is 0 Å². The number of nitrogens with two attached hydrogens (primary N) is 1. The van der Waals surface area contributed by atoms with E-state index in [1.54, 1.807) is 0 Å². The van der Waals surface area contributed by atoms with E-state index in [0.29, 0.717) is 12.1 Å². The summed E-state index contributed by atoms with van der Waals surface area (Å²) in [4.78, 5) is 2.59. The van der Waals surface area contributed by atoms with E-state index >= 15 is 0 Å². The molecule has 0 spiro atoms. The molecule has 0 aromatic rings. The van der Waals surface area contributed by atoms with Crippen molar-refractivity contribution < 1.29 is 0 Å². The second-order valence-corrected chi connectivity index (χ2v) is 5.05. The Morgan fingerprint density at radius 1 is 1.27 bits per heavy atom. The summed E-state index contributed by atoms with van der Waals surface area (Å²) in [5.41, 5.74) is 6.20. The molecule has 0 aromatic heterocycles. The SMILES string of the molecule is CCC(C)N(CC)CC1CCCCC1N. The van der Waals surface area contributed by atoms with Crippen LogP contribution >= 0.6 is 0 Å². The molecule has 90 valence electrons. The molecule has 0 amide bonds. The third-order valence-corrected chi connectivity index (χ3v) is 4.06. The van der Waals surface area contributed by atoms with E-state index in [4.69, 9.17) is 5.73 Å². The van der Waals surface area contributed by atoms with Crippen LogP contribution in [0.15, 0.2) is 0 Å². The van der Waals surface area contributed by atoms with E-state index in [1.165, 1.54) is 38.6 Å². The Bertz CT molecular complexity index is 166. The van der Waals surface area contributed by atoms with E-state index in [2.05, 4.69) is 25.7 Å². The van der Waals surface area contributed by atoms with Crippen molar-refractivity contribution in [2.45, 2.75) is 65.0 Å². The predicted molar refractivity (Wildman–Crippen MR) is 66.9 cm³/mol. The van der Waals surface area contributed by atoms with Crippen LogP contribution in [0.4, 0.5) is 0 Å². The quantitative estimate of drug-likeness (QED) is 0.759.